The number of ether oxygens (including phenoxy) is 2. The third-order valence-corrected chi connectivity index (χ3v) is 4.75. The molecule has 0 aliphatic rings. The third kappa shape index (κ3) is 4.83. The summed E-state index contributed by atoms with van der Waals surface area (Å²) in [7, 11) is 0. The molecule has 0 aliphatic carbocycles. The average molecular weight is 435 g/mol. The molecule has 0 unspecified atom stereocenters. The molecule has 4 rings (SSSR count). The van der Waals surface area contributed by atoms with Crippen LogP contribution in [0.5, 0.6) is 11.6 Å². The van der Waals surface area contributed by atoms with Gasteiger partial charge >= 0.3 is 0 Å². The normalized spacial score (nSPS) is 10.8. The zero-order valence-electron chi connectivity index (χ0n) is 17.7. The highest BCUT2D eigenvalue weighted by atomic mass is 19.1. The molecule has 0 spiro atoms. The maximum Gasteiger partial charge on any atom is 0.258 e. The molecular weight excluding hydrogens is 413 g/mol. The fourth-order valence-electron chi connectivity index (χ4n) is 3.22. The molecule has 0 radical (unpaired) electrons. The average Bonchev–Trinajstić information content (AvgIpc) is 3.20. The lowest BCUT2D eigenvalue weighted by atomic mass is 10.1. The van der Waals surface area contributed by atoms with E-state index in [1.54, 1.807) is 24.3 Å². The molecule has 0 bridgehead atoms. The van der Waals surface area contributed by atoms with Crippen LogP contribution in [0.1, 0.15) is 11.1 Å². The number of aryl methyl sites for hydroxylation is 2. The molecule has 2 heterocycles. The number of amides is 1. The van der Waals surface area contributed by atoms with E-state index in [0.29, 0.717) is 22.9 Å². The third-order valence-electron chi connectivity index (χ3n) is 4.75. The van der Waals surface area contributed by atoms with Crippen molar-refractivity contribution in [2.75, 3.05) is 19.8 Å². The summed E-state index contributed by atoms with van der Waals surface area (Å²) < 4.78 is 26.3. The first-order valence-corrected chi connectivity index (χ1v) is 10.1. The van der Waals surface area contributed by atoms with Crippen LogP contribution in [-0.4, -0.2) is 45.5 Å². The summed E-state index contributed by atoms with van der Waals surface area (Å²) in [6, 6.07) is 15.2. The van der Waals surface area contributed by atoms with Gasteiger partial charge in [0, 0.05) is 11.6 Å². The Bertz CT molecular complexity index is 1240. The van der Waals surface area contributed by atoms with Crippen molar-refractivity contribution in [3.63, 3.8) is 0 Å². The summed E-state index contributed by atoms with van der Waals surface area (Å²) in [6.45, 7) is 4.30. The van der Waals surface area contributed by atoms with Crippen molar-refractivity contribution < 1.29 is 18.7 Å². The van der Waals surface area contributed by atoms with Crippen LogP contribution in [0.2, 0.25) is 0 Å². The van der Waals surface area contributed by atoms with Gasteiger partial charge < -0.3 is 14.8 Å². The zero-order chi connectivity index (χ0) is 22.5. The molecule has 1 N–H and O–H groups in total. The van der Waals surface area contributed by atoms with Crippen molar-refractivity contribution in [3.8, 4) is 23.0 Å². The number of nitrogens with zero attached hydrogens (tertiary/aromatic N) is 4. The van der Waals surface area contributed by atoms with Gasteiger partial charge in [-0.15, -0.1) is 15.3 Å². The molecule has 0 aliphatic heterocycles. The molecule has 1 amide bonds. The molecular formula is C23H22FN5O3. The van der Waals surface area contributed by atoms with Crippen LogP contribution in [0.15, 0.2) is 54.6 Å². The monoisotopic (exact) mass is 435 g/mol. The number of fused-ring (bicyclic) bond motifs is 1. The maximum atomic E-state index is 13.6. The summed E-state index contributed by atoms with van der Waals surface area (Å²) >= 11 is 0. The van der Waals surface area contributed by atoms with Gasteiger partial charge in [0.05, 0.1) is 6.54 Å². The predicted octanol–water partition coefficient (Wildman–Crippen LogP) is 3.12. The van der Waals surface area contributed by atoms with Crippen molar-refractivity contribution in [1.82, 2.24) is 25.1 Å². The number of para-hydroxylation sites is 1. The first kappa shape index (κ1) is 21.2. The van der Waals surface area contributed by atoms with E-state index in [1.165, 1.54) is 16.6 Å². The highest BCUT2D eigenvalue weighted by Gasteiger charge is 2.11. The van der Waals surface area contributed by atoms with E-state index in [4.69, 9.17) is 9.47 Å². The number of carbonyl (C=O) groups excluding carboxylic acids is 1. The summed E-state index contributed by atoms with van der Waals surface area (Å²) in [6.07, 6.45) is 0. The molecule has 164 valence electrons. The van der Waals surface area contributed by atoms with Gasteiger partial charge in [-0.05, 0) is 43.2 Å². The second kappa shape index (κ2) is 9.42. The SMILES string of the molecule is Cc1cccc(C)c1OCC(=O)NCCOc1ccc2nnc(-c3cccc(F)c3)n2n1. The van der Waals surface area contributed by atoms with Crippen LogP contribution in [0.4, 0.5) is 4.39 Å². The highest BCUT2D eigenvalue weighted by molar-refractivity contribution is 5.77. The lowest BCUT2D eigenvalue weighted by Crippen LogP contribution is -2.32. The molecule has 0 atom stereocenters. The van der Waals surface area contributed by atoms with Gasteiger partial charge in [-0.2, -0.15) is 4.52 Å². The van der Waals surface area contributed by atoms with Crippen molar-refractivity contribution in [2.24, 2.45) is 0 Å². The Morgan fingerprint density at radius 1 is 1.03 bits per heavy atom. The van der Waals surface area contributed by atoms with Gasteiger partial charge in [0.2, 0.25) is 5.88 Å². The topological polar surface area (TPSA) is 90.6 Å². The number of halogens is 1. The molecule has 4 aromatic rings. The lowest BCUT2D eigenvalue weighted by molar-refractivity contribution is -0.123. The number of benzene rings is 2. The quantitative estimate of drug-likeness (QED) is 0.428. The zero-order valence-corrected chi connectivity index (χ0v) is 17.7. The molecule has 0 saturated heterocycles. The van der Waals surface area contributed by atoms with Crippen molar-refractivity contribution in [3.05, 3.63) is 71.5 Å². The number of hydrogen-bond acceptors (Lipinski definition) is 6. The standard InChI is InChI=1S/C23H22FN5O3/c1-15-5-3-6-16(2)22(15)32-14-20(30)25-11-12-31-21-10-9-19-26-27-23(29(19)28-21)17-7-4-8-18(24)13-17/h3-10,13H,11-12,14H2,1-2H3,(H,25,30). The van der Waals surface area contributed by atoms with Crippen molar-refractivity contribution >= 4 is 11.6 Å². The van der Waals surface area contributed by atoms with Crippen LogP contribution >= 0.6 is 0 Å². The van der Waals surface area contributed by atoms with Gasteiger partial charge in [0.25, 0.3) is 5.91 Å². The largest absolute Gasteiger partial charge is 0.483 e. The van der Waals surface area contributed by atoms with E-state index in [0.717, 1.165) is 16.9 Å². The van der Waals surface area contributed by atoms with E-state index in [-0.39, 0.29) is 31.5 Å². The van der Waals surface area contributed by atoms with Crippen LogP contribution < -0.4 is 14.8 Å². The van der Waals surface area contributed by atoms with Gasteiger partial charge in [-0.3, -0.25) is 4.79 Å². The van der Waals surface area contributed by atoms with E-state index in [2.05, 4.69) is 20.6 Å². The first-order valence-electron chi connectivity index (χ1n) is 10.1. The van der Waals surface area contributed by atoms with Gasteiger partial charge in [-0.1, -0.05) is 30.3 Å². The van der Waals surface area contributed by atoms with Crippen LogP contribution in [0.3, 0.4) is 0 Å². The van der Waals surface area contributed by atoms with Crippen LogP contribution in [-0.2, 0) is 4.79 Å². The Morgan fingerprint density at radius 2 is 1.81 bits per heavy atom. The number of nitrogens with one attached hydrogen (secondary N) is 1. The smallest absolute Gasteiger partial charge is 0.258 e. The maximum absolute atomic E-state index is 13.6. The summed E-state index contributed by atoms with van der Waals surface area (Å²) in [5.41, 5.74) is 3.02. The van der Waals surface area contributed by atoms with E-state index < -0.39 is 0 Å². The van der Waals surface area contributed by atoms with Crippen molar-refractivity contribution in [2.45, 2.75) is 13.8 Å². The Labute approximate surface area is 184 Å². The molecule has 32 heavy (non-hydrogen) atoms. The minimum Gasteiger partial charge on any atom is -0.483 e. The van der Waals surface area contributed by atoms with E-state index in [1.807, 2.05) is 32.0 Å². The molecule has 9 heteroatoms. The Balaban J connectivity index is 1.31. The minimum atomic E-state index is -0.371. The fourth-order valence-corrected chi connectivity index (χ4v) is 3.22. The van der Waals surface area contributed by atoms with Crippen molar-refractivity contribution in [1.29, 1.82) is 0 Å². The molecule has 2 aromatic carbocycles. The van der Waals surface area contributed by atoms with Gasteiger partial charge in [0.1, 0.15) is 18.2 Å². The number of rotatable bonds is 8. The molecule has 8 nitrogen and oxygen atoms in total. The van der Waals surface area contributed by atoms with E-state index in [9.17, 15) is 9.18 Å². The highest BCUT2D eigenvalue weighted by Crippen LogP contribution is 2.22. The first-order chi connectivity index (χ1) is 15.5. The number of hydrogen-bond donors (Lipinski definition) is 1. The van der Waals surface area contributed by atoms with Crippen LogP contribution in [0.25, 0.3) is 17.0 Å². The Kier molecular flexibility index (Phi) is 6.25. The summed E-state index contributed by atoms with van der Waals surface area (Å²) in [4.78, 5) is 12.1. The van der Waals surface area contributed by atoms with Crippen LogP contribution in [0, 0.1) is 19.7 Å². The minimum absolute atomic E-state index is 0.0758. The second-order valence-electron chi connectivity index (χ2n) is 7.18. The summed E-state index contributed by atoms with van der Waals surface area (Å²) in [5, 5.41) is 15.2. The Hall–Kier alpha value is -4.01. The fraction of sp³-hybridized carbons (Fsp3) is 0.217. The lowest BCUT2D eigenvalue weighted by Gasteiger charge is -2.12. The number of carbonyl (C=O) groups is 1. The predicted molar refractivity (Wildman–Crippen MR) is 116 cm³/mol. The molecule has 0 fully saturated rings. The van der Waals surface area contributed by atoms with E-state index >= 15 is 0 Å². The summed E-state index contributed by atoms with van der Waals surface area (Å²) in [5.74, 6) is 0.841. The molecule has 2 aromatic heterocycles. The number of aromatic nitrogens is 4. The van der Waals surface area contributed by atoms with Gasteiger partial charge in [0.15, 0.2) is 18.1 Å². The Morgan fingerprint density at radius 3 is 2.59 bits per heavy atom. The molecule has 0 saturated carbocycles. The van der Waals surface area contributed by atoms with Gasteiger partial charge in [-0.25, -0.2) is 4.39 Å². The second-order valence-corrected chi connectivity index (χ2v) is 7.18.